The summed E-state index contributed by atoms with van der Waals surface area (Å²) in [6, 6.07) is 24.2. The Hall–Kier alpha value is -3.51. The van der Waals surface area contributed by atoms with E-state index < -0.39 is 6.04 Å². The van der Waals surface area contributed by atoms with Crippen LogP contribution in [0.2, 0.25) is 0 Å². The van der Waals surface area contributed by atoms with Crippen molar-refractivity contribution in [3.8, 4) is 0 Å². The molecular formula is C27H27FN2O3. The van der Waals surface area contributed by atoms with E-state index >= 15 is 0 Å². The van der Waals surface area contributed by atoms with E-state index in [9.17, 15) is 14.0 Å². The number of carbonyl (C=O) groups excluding carboxylic acids is 2. The van der Waals surface area contributed by atoms with Gasteiger partial charge in [0.1, 0.15) is 5.82 Å². The van der Waals surface area contributed by atoms with E-state index in [0.29, 0.717) is 25.0 Å². The molecule has 0 spiro atoms. The van der Waals surface area contributed by atoms with E-state index in [1.165, 1.54) is 12.1 Å². The highest BCUT2D eigenvalue weighted by Gasteiger charge is 2.26. The van der Waals surface area contributed by atoms with Crippen LogP contribution >= 0.6 is 0 Å². The second-order valence-corrected chi connectivity index (χ2v) is 8.21. The number of hydrogen-bond donors (Lipinski definition) is 2. The van der Waals surface area contributed by atoms with Gasteiger partial charge in [-0.3, -0.25) is 9.59 Å². The fraction of sp³-hybridized carbons (Fsp3) is 0.259. The average molecular weight is 447 g/mol. The summed E-state index contributed by atoms with van der Waals surface area (Å²) in [5.74, 6) is -0.648. The number of nitrogens with one attached hydrogen (secondary N) is 2. The molecule has 1 fully saturated rings. The Bertz CT molecular complexity index is 1060. The second kappa shape index (κ2) is 10.9. The normalized spacial score (nSPS) is 18.8. The molecule has 1 saturated heterocycles. The number of amides is 2. The monoisotopic (exact) mass is 446 g/mol. The summed E-state index contributed by atoms with van der Waals surface area (Å²) in [6.07, 6.45) is 1.26. The van der Waals surface area contributed by atoms with E-state index in [-0.39, 0.29) is 36.2 Å². The molecule has 0 bridgehead atoms. The van der Waals surface area contributed by atoms with Crippen molar-refractivity contribution in [3.05, 3.63) is 107 Å². The van der Waals surface area contributed by atoms with Gasteiger partial charge in [-0.2, -0.15) is 0 Å². The van der Waals surface area contributed by atoms with Gasteiger partial charge in [0.25, 0.3) is 5.91 Å². The van der Waals surface area contributed by atoms with Crippen molar-refractivity contribution < 1.29 is 18.7 Å². The Kier molecular flexibility index (Phi) is 7.47. The molecule has 33 heavy (non-hydrogen) atoms. The van der Waals surface area contributed by atoms with Crippen molar-refractivity contribution >= 4 is 11.8 Å². The molecule has 6 heteroatoms. The molecule has 5 nitrogen and oxygen atoms in total. The first-order chi connectivity index (χ1) is 16.1. The third-order valence-corrected chi connectivity index (χ3v) is 5.82. The first-order valence-electron chi connectivity index (χ1n) is 11.2. The van der Waals surface area contributed by atoms with Gasteiger partial charge < -0.3 is 15.4 Å². The zero-order chi connectivity index (χ0) is 23.0. The standard InChI is InChI=1S/C27H27FN2O3/c28-22-13-11-20(12-14-22)25-17-23(15-16-33-25)29-26(31)18-24(19-7-3-1-4-8-19)30-27(32)21-9-5-2-6-10-21/h1-14,23-25H,15-18H2,(H,29,31)(H,30,32). The van der Waals surface area contributed by atoms with Gasteiger partial charge in [-0.1, -0.05) is 60.7 Å². The van der Waals surface area contributed by atoms with Crippen LogP contribution in [0, 0.1) is 5.82 Å². The minimum atomic E-state index is -0.452. The minimum Gasteiger partial charge on any atom is -0.373 e. The summed E-state index contributed by atoms with van der Waals surface area (Å²) in [4.78, 5) is 25.7. The Balaban J connectivity index is 1.40. The number of hydrogen-bond acceptors (Lipinski definition) is 3. The molecule has 1 aliphatic rings. The quantitative estimate of drug-likeness (QED) is 0.552. The summed E-state index contributed by atoms with van der Waals surface area (Å²) in [5, 5.41) is 6.10. The Labute approximate surface area is 193 Å². The Morgan fingerprint density at radius 2 is 1.61 bits per heavy atom. The van der Waals surface area contributed by atoms with E-state index in [1.54, 1.807) is 24.3 Å². The van der Waals surface area contributed by atoms with Crippen LogP contribution in [0.3, 0.4) is 0 Å². The molecule has 3 aromatic carbocycles. The summed E-state index contributed by atoms with van der Waals surface area (Å²) in [5.41, 5.74) is 2.31. The van der Waals surface area contributed by atoms with Gasteiger partial charge in [-0.05, 0) is 48.2 Å². The van der Waals surface area contributed by atoms with Crippen LogP contribution in [0.5, 0.6) is 0 Å². The van der Waals surface area contributed by atoms with E-state index in [0.717, 1.165) is 11.1 Å². The largest absolute Gasteiger partial charge is 0.373 e. The number of carbonyl (C=O) groups is 2. The maximum Gasteiger partial charge on any atom is 0.251 e. The molecule has 1 aliphatic heterocycles. The maximum absolute atomic E-state index is 13.2. The lowest BCUT2D eigenvalue weighted by Gasteiger charge is -2.31. The maximum atomic E-state index is 13.2. The zero-order valence-corrected chi connectivity index (χ0v) is 18.2. The molecular weight excluding hydrogens is 419 g/mol. The van der Waals surface area contributed by atoms with Crippen LogP contribution < -0.4 is 10.6 Å². The van der Waals surface area contributed by atoms with E-state index in [1.807, 2.05) is 48.5 Å². The smallest absolute Gasteiger partial charge is 0.251 e. The lowest BCUT2D eigenvalue weighted by molar-refractivity contribution is -0.123. The van der Waals surface area contributed by atoms with Crippen LogP contribution in [0.25, 0.3) is 0 Å². The molecule has 3 atom stereocenters. The van der Waals surface area contributed by atoms with E-state index in [2.05, 4.69) is 10.6 Å². The molecule has 0 aromatic heterocycles. The van der Waals surface area contributed by atoms with Crippen molar-refractivity contribution in [1.29, 1.82) is 0 Å². The van der Waals surface area contributed by atoms with Gasteiger partial charge >= 0.3 is 0 Å². The van der Waals surface area contributed by atoms with Gasteiger partial charge in [-0.15, -0.1) is 0 Å². The van der Waals surface area contributed by atoms with Crippen molar-refractivity contribution in [3.63, 3.8) is 0 Å². The molecule has 0 radical (unpaired) electrons. The molecule has 170 valence electrons. The van der Waals surface area contributed by atoms with Crippen molar-refractivity contribution in [2.45, 2.75) is 37.5 Å². The first kappa shape index (κ1) is 22.7. The van der Waals surface area contributed by atoms with Gasteiger partial charge in [0.2, 0.25) is 5.91 Å². The van der Waals surface area contributed by atoms with Gasteiger partial charge in [0, 0.05) is 18.2 Å². The molecule has 3 unspecified atom stereocenters. The summed E-state index contributed by atoms with van der Waals surface area (Å²) < 4.78 is 19.1. The molecule has 1 heterocycles. The number of rotatable bonds is 7. The molecule has 0 saturated carbocycles. The van der Waals surface area contributed by atoms with Crippen molar-refractivity contribution in [2.24, 2.45) is 0 Å². The molecule has 2 N–H and O–H groups in total. The van der Waals surface area contributed by atoms with Crippen LogP contribution in [0.1, 0.15) is 52.9 Å². The third kappa shape index (κ3) is 6.26. The fourth-order valence-electron chi connectivity index (χ4n) is 4.08. The topological polar surface area (TPSA) is 67.4 Å². The lowest BCUT2D eigenvalue weighted by Crippen LogP contribution is -2.41. The number of ether oxygens (including phenoxy) is 1. The fourth-order valence-corrected chi connectivity index (χ4v) is 4.08. The third-order valence-electron chi connectivity index (χ3n) is 5.82. The van der Waals surface area contributed by atoms with Crippen molar-refractivity contribution in [1.82, 2.24) is 10.6 Å². The van der Waals surface area contributed by atoms with Crippen LogP contribution in [0.4, 0.5) is 4.39 Å². The average Bonchev–Trinajstić information content (AvgIpc) is 2.85. The predicted octanol–water partition coefficient (Wildman–Crippen LogP) is 4.72. The highest BCUT2D eigenvalue weighted by atomic mass is 19.1. The first-order valence-corrected chi connectivity index (χ1v) is 11.2. The molecule has 2 amide bonds. The molecule has 3 aromatic rings. The highest BCUT2D eigenvalue weighted by Crippen LogP contribution is 2.28. The van der Waals surface area contributed by atoms with Gasteiger partial charge in [0.05, 0.1) is 18.6 Å². The summed E-state index contributed by atoms with van der Waals surface area (Å²) >= 11 is 0. The van der Waals surface area contributed by atoms with Gasteiger partial charge in [0.15, 0.2) is 0 Å². The Morgan fingerprint density at radius 3 is 2.30 bits per heavy atom. The van der Waals surface area contributed by atoms with Crippen LogP contribution in [-0.4, -0.2) is 24.5 Å². The van der Waals surface area contributed by atoms with Crippen LogP contribution in [0.15, 0.2) is 84.9 Å². The molecule has 4 rings (SSSR count). The molecule has 0 aliphatic carbocycles. The zero-order valence-electron chi connectivity index (χ0n) is 18.2. The lowest BCUT2D eigenvalue weighted by atomic mass is 9.96. The number of halogens is 1. The van der Waals surface area contributed by atoms with Crippen LogP contribution in [-0.2, 0) is 9.53 Å². The minimum absolute atomic E-state index is 0.0532. The second-order valence-electron chi connectivity index (χ2n) is 8.21. The summed E-state index contributed by atoms with van der Waals surface area (Å²) in [7, 11) is 0. The predicted molar refractivity (Wildman–Crippen MR) is 124 cm³/mol. The van der Waals surface area contributed by atoms with Crippen molar-refractivity contribution in [2.75, 3.05) is 6.61 Å². The van der Waals surface area contributed by atoms with E-state index in [4.69, 9.17) is 4.74 Å². The van der Waals surface area contributed by atoms with Gasteiger partial charge in [-0.25, -0.2) is 4.39 Å². The SMILES string of the molecule is O=C(CC(NC(=O)c1ccccc1)c1ccccc1)NC1CCOC(c2ccc(F)cc2)C1. The number of benzene rings is 3. The highest BCUT2D eigenvalue weighted by molar-refractivity contribution is 5.94. The summed E-state index contributed by atoms with van der Waals surface area (Å²) in [6.45, 7) is 0.514. The Morgan fingerprint density at radius 1 is 0.939 bits per heavy atom.